The van der Waals surface area contributed by atoms with Gasteiger partial charge < -0.3 is 10.3 Å². The molecule has 0 radical (unpaired) electrons. The van der Waals surface area contributed by atoms with Gasteiger partial charge in [0.1, 0.15) is 10.7 Å². The lowest BCUT2D eigenvalue weighted by atomic mass is 10.2. The van der Waals surface area contributed by atoms with Gasteiger partial charge in [-0.15, -0.1) is 11.3 Å². The van der Waals surface area contributed by atoms with E-state index in [-0.39, 0.29) is 11.5 Å². The van der Waals surface area contributed by atoms with Gasteiger partial charge in [0.2, 0.25) is 0 Å². The molecule has 0 aliphatic heterocycles. The predicted molar refractivity (Wildman–Crippen MR) is 63.1 cm³/mol. The lowest BCUT2D eigenvalue weighted by molar-refractivity contribution is 0.0966. The highest BCUT2D eigenvalue weighted by atomic mass is 32.1. The first-order chi connectivity index (χ1) is 7.54. The Morgan fingerprint density at radius 1 is 1.44 bits per heavy atom. The molecule has 0 saturated heterocycles. The largest absolute Gasteiger partial charge is 0.354 e. The molecule has 16 heavy (non-hydrogen) atoms. The molecule has 2 heterocycles. The summed E-state index contributed by atoms with van der Waals surface area (Å²) in [4.78, 5) is 31.3. The second-order valence-electron chi connectivity index (χ2n) is 3.47. The second-order valence-corrected chi connectivity index (χ2v) is 4.47. The molecule has 6 heteroatoms. The van der Waals surface area contributed by atoms with E-state index < -0.39 is 0 Å². The average Bonchev–Trinajstić information content (AvgIpc) is 2.54. The Morgan fingerprint density at radius 2 is 2.12 bits per heavy atom. The van der Waals surface area contributed by atoms with Crippen molar-refractivity contribution in [3.8, 4) is 0 Å². The number of thiophene rings is 1. The molecular formula is C10H11N3O2S. The predicted octanol–water partition coefficient (Wildman–Crippen LogP) is 0.961. The first-order valence-electron chi connectivity index (χ1n) is 4.76. The zero-order chi connectivity index (χ0) is 11.9. The number of aromatic nitrogens is 2. The van der Waals surface area contributed by atoms with E-state index in [2.05, 4.69) is 15.3 Å². The van der Waals surface area contributed by atoms with E-state index in [1.54, 1.807) is 20.9 Å². The van der Waals surface area contributed by atoms with Crippen LogP contribution < -0.4 is 10.9 Å². The summed E-state index contributed by atoms with van der Waals surface area (Å²) in [6.45, 7) is 3.48. The SMILES string of the molecule is CNC(=O)c1sc2nc(C)[nH]c(=O)c2c1C. The quantitative estimate of drug-likeness (QED) is 0.775. The summed E-state index contributed by atoms with van der Waals surface area (Å²) in [5.41, 5.74) is 0.500. The summed E-state index contributed by atoms with van der Waals surface area (Å²) >= 11 is 1.24. The Bertz CT molecular complexity index is 627. The molecule has 0 aliphatic carbocycles. The number of hydrogen-bond donors (Lipinski definition) is 2. The number of nitrogens with zero attached hydrogens (tertiary/aromatic N) is 1. The van der Waals surface area contributed by atoms with Crippen LogP contribution in [0.25, 0.3) is 10.2 Å². The Labute approximate surface area is 95.5 Å². The molecule has 1 amide bonds. The van der Waals surface area contributed by atoms with Crippen molar-refractivity contribution in [2.24, 2.45) is 0 Å². The van der Waals surface area contributed by atoms with Crippen LogP contribution in [0.4, 0.5) is 0 Å². The minimum absolute atomic E-state index is 0.183. The Hall–Kier alpha value is -1.69. The van der Waals surface area contributed by atoms with Crippen LogP contribution in [0.15, 0.2) is 4.79 Å². The van der Waals surface area contributed by atoms with Crippen molar-refractivity contribution in [1.29, 1.82) is 0 Å². The maximum absolute atomic E-state index is 11.7. The molecule has 2 aromatic rings. The van der Waals surface area contributed by atoms with Crippen LogP contribution in [-0.4, -0.2) is 22.9 Å². The van der Waals surface area contributed by atoms with E-state index in [0.717, 1.165) is 0 Å². The van der Waals surface area contributed by atoms with Gasteiger partial charge in [0, 0.05) is 7.05 Å². The van der Waals surface area contributed by atoms with E-state index in [1.165, 1.54) is 11.3 Å². The highest BCUT2D eigenvalue weighted by Crippen LogP contribution is 2.26. The first-order valence-corrected chi connectivity index (χ1v) is 5.58. The van der Waals surface area contributed by atoms with Gasteiger partial charge in [0.05, 0.1) is 10.3 Å². The highest BCUT2D eigenvalue weighted by Gasteiger charge is 2.17. The summed E-state index contributed by atoms with van der Waals surface area (Å²) < 4.78 is 0. The average molecular weight is 237 g/mol. The third-order valence-electron chi connectivity index (χ3n) is 2.35. The van der Waals surface area contributed by atoms with Gasteiger partial charge in [0.15, 0.2) is 0 Å². The van der Waals surface area contributed by atoms with Crippen molar-refractivity contribution >= 4 is 27.5 Å². The maximum atomic E-state index is 11.7. The summed E-state index contributed by atoms with van der Waals surface area (Å²) in [6, 6.07) is 0. The summed E-state index contributed by atoms with van der Waals surface area (Å²) in [7, 11) is 1.56. The number of aromatic amines is 1. The first kappa shape index (κ1) is 10.8. The summed E-state index contributed by atoms with van der Waals surface area (Å²) in [5.74, 6) is 0.375. The molecule has 0 fully saturated rings. The van der Waals surface area contributed by atoms with E-state index >= 15 is 0 Å². The van der Waals surface area contributed by atoms with E-state index in [1.807, 2.05) is 0 Å². The van der Waals surface area contributed by atoms with E-state index in [0.29, 0.717) is 26.5 Å². The third kappa shape index (κ3) is 1.51. The fourth-order valence-electron chi connectivity index (χ4n) is 1.58. The number of fused-ring (bicyclic) bond motifs is 1. The number of carbonyl (C=O) groups excluding carboxylic acids is 1. The number of carbonyl (C=O) groups is 1. The van der Waals surface area contributed by atoms with Crippen molar-refractivity contribution < 1.29 is 4.79 Å². The molecule has 0 saturated carbocycles. The molecule has 0 spiro atoms. The molecule has 0 bridgehead atoms. The normalized spacial score (nSPS) is 10.7. The van der Waals surface area contributed by atoms with E-state index in [9.17, 15) is 9.59 Å². The van der Waals surface area contributed by atoms with Crippen LogP contribution in [-0.2, 0) is 0 Å². The number of H-pyrrole nitrogens is 1. The number of hydrogen-bond acceptors (Lipinski definition) is 4. The minimum Gasteiger partial charge on any atom is -0.354 e. The number of aryl methyl sites for hydroxylation is 2. The van der Waals surface area contributed by atoms with Crippen LogP contribution in [0, 0.1) is 13.8 Å². The van der Waals surface area contributed by atoms with Gasteiger partial charge in [-0.05, 0) is 19.4 Å². The Morgan fingerprint density at radius 3 is 2.75 bits per heavy atom. The monoisotopic (exact) mass is 237 g/mol. The van der Waals surface area contributed by atoms with Crippen molar-refractivity contribution in [1.82, 2.24) is 15.3 Å². The van der Waals surface area contributed by atoms with Gasteiger partial charge in [-0.25, -0.2) is 4.98 Å². The van der Waals surface area contributed by atoms with Gasteiger partial charge in [-0.1, -0.05) is 0 Å². The highest BCUT2D eigenvalue weighted by molar-refractivity contribution is 7.20. The zero-order valence-corrected chi connectivity index (χ0v) is 9.99. The molecule has 0 aliphatic rings. The maximum Gasteiger partial charge on any atom is 0.261 e. The van der Waals surface area contributed by atoms with Gasteiger partial charge in [0.25, 0.3) is 11.5 Å². The third-order valence-corrected chi connectivity index (χ3v) is 3.54. The molecule has 2 aromatic heterocycles. The van der Waals surface area contributed by atoms with E-state index in [4.69, 9.17) is 0 Å². The molecule has 84 valence electrons. The zero-order valence-electron chi connectivity index (χ0n) is 9.17. The lowest BCUT2D eigenvalue weighted by Gasteiger charge is -1.95. The number of nitrogens with one attached hydrogen (secondary N) is 2. The van der Waals surface area contributed by atoms with Gasteiger partial charge in [-0.2, -0.15) is 0 Å². The fourth-order valence-corrected chi connectivity index (χ4v) is 2.76. The van der Waals surface area contributed by atoms with Gasteiger partial charge in [-0.3, -0.25) is 9.59 Å². The standard InChI is InChI=1S/C10H11N3O2S/c1-4-6-8(14)12-5(2)13-10(6)16-7(4)9(15)11-3/h1-3H3,(H,11,15)(H,12,13,14). The van der Waals surface area contributed by atoms with Crippen molar-refractivity contribution in [2.75, 3.05) is 7.05 Å². The molecule has 0 aromatic carbocycles. The number of rotatable bonds is 1. The van der Waals surface area contributed by atoms with Crippen molar-refractivity contribution in [3.63, 3.8) is 0 Å². The summed E-state index contributed by atoms with van der Waals surface area (Å²) in [6.07, 6.45) is 0. The van der Waals surface area contributed by atoms with Crippen LogP contribution in [0.3, 0.4) is 0 Å². The summed E-state index contributed by atoms with van der Waals surface area (Å²) in [5, 5.41) is 3.06. The molecular weight excluding hydrogens is 226 g/mol. The van der Waals surface area contributed by atoms with Crippen LogP contribution in [0.1, 0.15) is 21.1 Å². The smallest absolute Gasteiger partial charge is 0.261 e. The van der Waals surface area contributed by atoms with Crippen LogP contribution in [0.2, 0.25) is 0 Å². The molecule has 0 unspecified atom stereocenters. The molecule has 2 rings (SSSR count). The van der Waals surface area contributed by atoms with Crippen molar-refractivity contribution in [2.45, 2.75) is 13.8 Å². The number of amides is 1. The van der Waals surface area contributed by atoms with Crippen LogP contribution >= 0.6 is 11.3 Å². The molecule has 2 N–H and O–H groups in total. The topological polar surface area (TPSA) is 74.8 Å². The minimum atomic E-state index is -0.189. The Balaban J connectivity index is 2.83. The van der Waals surface area contributed by atoms with Gasteiger partial charge >= 0.3 is 0 Å². The Kier molecular flexibility index (Phi) is 2.51. The lowest BCUT2D eigenvalue weighted by Crippen LogP contribution is -2.17. The fraction of sp³-hybridized carbons (Fsp3) is 0.300. The van der Waals surface area contributed by atoms with Crippen LogP contribution in [0.5, 0.6) is 0 Å². The van der Waals surface area contributed by atoms with Crippen molar-refractivity contribution in [3.05, 3.63) is 26.6 Å². The molecule has 5 nitrogen and oxygen atoms in total. The molecule has 0 atom stereocenters. The second kappa shape index (κ2) is 3.71.